The number of thiophene rings is 1. The fourth-order valence-electron chi connectivity index (χ4n) is 6.86. The lowest BCUT2D eigenvalue weighted by Gasteiger charge is -2.49. The number of rotatable bonds is 5. The average molecular weight is 482 g/mol. The molecule has 0 saturated heterocycles. The number of carbonyl (C=O) groups is 2. The third-order valence-corrected chi connectivity index (χ3v) is 9.65. The standard InChI is InChI=1S/C28H35NO4S/c1-6-33-27(31)23-24-22(34-26(23)29-25(30)15(2)3)14-21-20-9-7-16-13-17(32-5)8-10-18(16)19(20)11-12-28(21,24)4/h8,10,13,15,19-21H,6-7,9,11-12,14H2,1-5H3,(H,29,30). The van der Waals surface area contributed by atoms with Crippen molar-refractivity contribution >= 4 is 28.2 Å². The van der Waals surface area contributed by atoms with E-state index in [0.717, 1.165) is 37.0 Å². The van der Waals surface area contributed by atoms with Gasteiger partial charge in [-0.1, -0.05) is 26.8 Å². The molecule has 3 aliphatic rings. The highest BCUT2D eigenvalue weighted by atomic mass is 32.1. The van der Waals surface area contributed by atoms with Crippen molar-refractivity contribution < 1.29 is 19.1 Å². The molecule has 0 aliphatic heterocycles. The summed E-state index contributed by atoms with van der Waals surface area (Å²) in [6.45, 7) is 8.26. The maximum Gasteiger partial charge on any atom is 0.341 e. The molecule has 182 valence electrons. The molecule has 4 unspecified atom stereocenters. The zero-order valence-electron chi connectivity index (χ0n) is 20.8. The number of amides is 1. The summed E-state index contributed by atoms with van der Waals surface area (Å²) in [7, 11) is 1.73. The monoisotopic (exact) mass is 481 g/mol. The van der Waals surface area contributed by atoms with E-state index in [1.54, 1.807) is 18.4 Å². The van der Waals surface area contributed by atoms with Gasteiger partial charge in [-0.3, -0.25) is 4.79 Å². The Morgan fingerprint density at radius 3 is 2.76 bits per heavy atom. The molecule has 1 heterocycles. The first-order valence-electron chi connectivity index (χ1n) is 12.6. The second kappa shape index (κ2) is 8.71. The van der Waals surface area contributed by atoms with E-state index in [1.165, 1.54) is 22.4 Å². The molecular weight excluding hydrogens is 446 g/mol. The number of anilines is 1. The summed E-state index contributed by atoms with van der Waals surface area (Å²) in [5, 5.41) is 3.71. The van der Waals surface area contributed by atoms with E-state index < -0.39 is 0 Å². The van der Waals surface area contributed by atoms with Gasteiger partial charge >= 0.3 is 5.97 Å². The van der Waals surface area contributed by atoms with Gasteiger partial charge in [0.15, 0.2) is 0 Å². The van der Waals surface area contributed by atoms with Crippen molar-refractivity contribution in [3.05, 3.63) is 45.3 Å². The van der Waals surface area contributed by atoms with Gasteiger partial charge in [0.1, 0.15) is 10.8 Å². The molecule has 34 heavy (non-hydrogen) atoms. The predicted molar refractivity (Wildman–Crippen MR) is 135 cm³/mol. The number of methoxy groups -OCH3 is 1. The largest absolute Gasteiger partial charge is 0.497 e. The van der Waals surface area contributed by atoms with E-state index in [2.05, 4.69) is 30.4 Å². The molecule has 1 aromatic carbocycles. The number of hydrogen-bond donors (Lipinski definition) is 1. The van der Waals surface area contributed by atoms with Crippen molar-refractivity contribution in [3.8, 4) is 5.75 Å². The molecule has 1 N–H and O–H groups in total. The van der Waals surface area contributed by atoms with Gasteiger partial charge in [0.25, 0.3) is 0 Å². The zero-order valence-corrected chi connectivity index (χ0v) is 21.6. The summed E-state index contributed by atoms with van der Waals surface area (Å²) in [4.78, 5) is 27.0. The number of hydrogen-bond acceptors (Lipinski definition) is 5. The highest BCUT2D eigenvalue weighted by molar-refractivity contribution is 7.17. The molecule has 2 aromatic rings. The van der Waals surface area contributed by atoms with E-state index in [1.807, 2.05) is 20.8 Å². The van der Waals surface area contributed by atoms with Crippen LogP contribution >= 0.6 is 11.3 Å². The lowest BCUT2D eigenvalue weighted by molar-refractivity contribution is -0.118. The molecule has 5 nitrogen and oxygen atoms in total. The minimum atomic E-state index is -0.302. The lowest BCUT2D eigenvalue weighted by atomic mass is 9.54. The maximum atomic E-state index is 13.2. The summed E-state index contributed by atoms with van der Waals surface area (Å²) in [5.41, 5.74) is 4.62. The highest BCUT2D eigenvalue weighted by Gasteiger charge is 2.55. The van der Waals surface area contributed by atoms with Crippen LogP contribution in [0.5, 0.6) is 5.75 Å². The maximum absolute atomic E-state index is 13.2. The second-order valence-corrected chi connectivity index (χ2v) is 11.7. The molecule has 5 rings (SSSR count). The number of carbonyl (C=O) groups excluding carboxylic acids is 2. The van der Waals surface area contributed by atoms with Crippen LogP contribution in [-0.2, 0) is 27.8 Å². The third kappa shape index (κ3) is 3.57. The normalized spacial score (nSPS) is 26.8. The number of nitrogens with one attached hydrogen (secondary N) is 1. The lowest BCUT2D eigenvalue weighted by Crippen LogP contribution is -2.43. The predicted octanol–water partition coefficient (Wildman–Crippen LogP) is 6.10. The van der Waals surface area contributed by atoms with Gasteiger partial charge in [0, 0.05) is 10.8 Å². The average Bonchev–Trinajstić information content (AvgIpc) is 3.32. The smallest absolute Gasteiger partial charge is 0.341 e. The molecule has 0 radical (unpaired) electrons. The Kier molecular flexibility index (Phi) is 5.99. The molecule has 1 aromatic heterocycles. The van der Waals surface area contributed by atoms with Crippen LogP contribution in [0.4, 0.5) is 5.00 Å². The Morgan fingerprint density at radius 1 is 1.26 bits per heavy atom. The van der Waals surface area contributed by atoms with E-state index >= 15 is 0 Å². The van der Waals surface area contributed by atoms with Crippen LogP contribution in [0.2, 0.25) is 0 Å². The van der Waals surface area contributed by atoms with Crippen LogP contribution in [-0.4, -0.2) is 25.6 Å². The van der Waals surface area contributed by atoms with Crippen LogP contribution in [0.1, 0.15) is 84.8 Å². The Labute approximate surface area is 206 Å². The molecule has 1 amide bonds. The van der Waals surface area contributed by atoms with Gasteiger partial charge in [-0.05, 0) is 91.0 Å². The van der Waals surface area contributed by atoms with Gasteiger partial charge in [-0.2, -0.15) is 0 Å². The summed E-state index contributed by atoms with van der Waals surface area (Å²) < 4.78 is 11.0. The van der Waals surface area contributed by atoms with E-state index in [4.69, 9.17) is 9.47 Å². The van der Waals surface area contributed by atoms with Crippen molar-refractivity contribution in [3.63, 3.8) is 0 Å². The fourth-order valence-corrected chi connectivity index (χ4v) is 8.25. The van der Waals surface area contributed by atoms with Crippen LogP contribution in [0.15, 0.2) is 18.2 Å². The second-order valence-electron chi connectivity index (χ2n) is 10.6. The van der Waals surface area contributed by atoms with Crippen LogP contribution in [0, 0.1) is 17.8 Å². The summed E-state index contributed by atoms with van der Waals surface area (Å²) in [6, 6.07) is 6.60. The summed E-state index contributed by atoms with van der Waals surface area (Å²) in [6.07, 6.45) is 5.38. The Hall–Kier alpha value is -2.34. The molecule has 4 atom stereocenters. The Bertz CT molecular complexity index is 1140. The first-order valence-corrected chi connectivity index (χ1v) is 13.4. The molecule has 0 spiro atoms. The molecular formula is C28H35NO4S. The van der Waals surface area contributed by atoms with Crippen LogP contribution < -0.4 is 10.1 Å². The number of fused-ring (bicyclic) bond motifs is 7. The van der Waals surface area contributed by atoms with Crippen LogP contribution in [0.3, 0.4) is 0 Å². The van der Waals surface area contributed by atoms with Crippen molar-refractivity contribution in [2.45, 2.75) is 71.1 Å². The molecule has 1 saturated carbocycles. The van der Waals surface area contributed by atoms with Crippen molar-refractivity contribution in [2.75, 3.05) is 19.0 Å². The number of benzene rings is 1. The van der Waals surface area contributed by atoms with Crippen molar-refractivity contribution in [1.82, 2.24) is 0 Å². The van der Waals surface area contributed by atoms with Crippen molar-refractivity contribution in [2.24, 2.45) is 17.8 Å². The molecule has 6 heteroatoms. The highest BCUT2D eigenvalue weighted by Crippen LogP contribution is 2.63. The third-order valence-electron chi connectivity index (χ3n) is 8.52. The van der Waals surface area contributed by atoms with E-state index in [-0.39, 0.29) is 23.2 Å². The molecule has 3 aliphatic carbocycles. The first-order chi connectivity index (χ1) is 16.3. The zero-order chi connectivity index (χ0) is 24.2. The SMILES string of the molecule is CCOC(=O)c1c(NC(=O)C(C)C)sc2c1C1(C)CCC3c4ccc(OC)cc4CCC3C1C2. The van der Waals surface area contributed by atoms with Crippen molar-refractivity contribution in [1.29, 1.82) is 0 Å². The van der Waals surface area contributed by atoms with Gasteiger partial charge < -0.3 is 14.8 Å². The Balaban J connectivity index is 1.52. The Morgan fingerprint density at radius 2 is 2.06 bits per heavy atom. The number of aryl methyl sites for hydroxylation is 1. The summed E-state index contributed by atoms with van der Waals surface area (Å²) in [5.74, 6) is 2.10. The van der Waals surface area contributed by atoms with Gasteiger partial charge in [0.05, 0.1) is 19.3 Å². The van der Waals surface area contributed by atoms with Crippen LogP contribution in [0.25, 0.3) is 0 Å². The molecule has 0 bridgehead atoms. The minimum Gasteiger partial charge on any atom is -0.497 e. The number of esters is 1. The van der Waals surface area contributed by atoms with Gasteiger partial charge in [0.2, 0.25) is 5.91 Å². The molecule has 1 fully saturated rings. The fraction of sp³-hybridized carbons (Fsp3) is 0.571. The summed E-state index contributed by atoms with van der Waals surface area (Å²) >= 11 is 1.59. The first kappa shape index (κ1) is 23.4. The van der Waals surface area contributed by atoms with Gasteiger partial charge in [-0.15, -0.1) is 11.3 Å². The topological polar surface area (TPSA) is 64.6 Å². The van der Waals surface area contributed by atoms with E-state index in [9.17, 15) is 9.59 Å². The van der Waals surface area contributed by atoms with E-state index in [0.29, 0.717) is 34.9 Å². The quantitative estimate of drug-likeness (QED) is 0.524. The van der Waals surface area contributed by atoms with Gasteiger partial charge in [-0.25, -0.2) is 4.79 Å². The minimum absolute atomic E-state index is 0.0600. The number of ether oxygens (including phenoxy) is 2.